The fourth-order valence-electron chi connectivity index (χ4n) is 3.94. The number of thiocarbonyl (C=S) groups is 2. The van der Waals surface area contributed by atoms with Gasteiger partial charge in [0.15, 0.2) is 8.64 Å². The first-order chi connectivity index (χ1) is 19.3. The van der Waals surface area contributed by atoms with Gasteiger partial charge in [-0.15, -0.1) is 0 Å². The van der Waals surface area contributed by atoms with E-state index in [2.05, 4.69) is 24.5 Å². The minimum atomic E-state index is -0.422. The zero-order valence-corrected chi connectivity index (χ0v) is 25.3. The summed E-state index contributed by atoms with van der Waals surface area (Å²) in [5.74, 6) is -1.21. The van der Waals surface area contributed by atoms with E-state index in [1.165, 1.54) is 9.80 Å². The largest absolute Gasteiger partial charge is 0.352 e. The molecule has 0 aliphatic carbocycles. The van der Waals surface area contributed by atoms with Crippen molar-refractivity contribution < 1.29 is 19.2 Å². The summed E-state index contributed by atoms with van der Waals surface area (Å²) in [6, 6.07) is 13.2. The van der Waals surface area contributed by atoms with Crippen LogP contribution in [0.2, 0.25) is 0 Å². The van der Waals surface area contributed by atoms with Crippen LogP contribution in [0.1, 0.15) is 60.2 Å². The topological polar surface area (TPSA) is 98.8 Å². The van der Waals surface area contributed by atoms with Crippen molar-refractivity contribution in [3.05, 3.63) is 69.5 Å². The number of anilines is 2. The molecule has 4 rings (SSSR count). The highest BCUT2D eigenvalue weighted by molar-refractivity contribution is 8.30. The molecule has 2 N–H and O–H groups in total. The van der Waals surface area contributed by atoms with Crippen LogP contribution >= 0.6 is 48.0 Å². The summed E-state index contributed by atoms with van der Waals surface area (Å²) in [4.78, 5) is 54.6. The molecule has 0 saturated carbocycles. The molecule has 12 heteroatoms. The van der Waals surface area contributed by atoms with Crippen molar-refractivity contribution >= 4 is 91.6 Å². The van der Waals surface area contributed by atoms with E-state index in [1.54, 1.807) is 48.5 Å². The Bertz CT molecular complexity index is 1280. The fraction of sp³-hybridized carbons (Fsp3) is 0.286. The van der Waals surface area contributed by atoms with Gasteiger partial charge in [-0.25, -0.2) is 0 Å². The van der Waals surface area contributed by atoms with Gasteiger partial charge in [0.2, 0.25) is 0 Å². The third-order valence-electron chi connectivity index (χ3n) is 6.15. The Hall–Kier alpha value is -3.06. The van der Waals surface area contributed by atoms with Crippen LogP contribution in [0.3, 0.4) is 0 Å². The van der Waals surface area contributed by atoms with Crippen molar-refractivity contribution in [2.75, 3.05) is 22.9 Å². The number of thioether (sulfide) groups is 2. The first-order valence-corrected chi connectivity index (χ1v) is 15.3. The molecule has 0 spiro atoms. The molecule has 40 heavy (non-hydrogen) atoms. The van der Waals surface area contributed by atoms with Crippen LogP contribution in [0.4, 0.5) is 11.4 Å². The Morgan fingerprint density at radius 3 is 1.35 bits per heavy atom. The van der Waals surface area contributed by atoms with E-state index in [0.717, 1.165) is 49.2 Å². The smallest absolute Gasteiger partial charge is 0.272 e. The molecule has 2 aromatic carbocycles. The Morgan fingerprint density at radius 1 is 0.675 bits per heavy atom. The molecule has 0 aromatic heterocycles. The molecule has 8 nitrogen and oxygen atoms in total. The van der Waals surface area contributed by atoms with Gasteiger partial charge in [-0.1, -0.05) is 74.6 Å². The van der Waals surface area contributed by atoms with Crippen molar-refractivity contribution in [1.82, 2.24) is 10.6 Å². The molecule has 2 heterocycles. The Balaban J connectivity index is 1.49. The Labute approximate surface area is 252 Å². The molecule has 2 fully saturated rings. The van der Waals surface area contributed by atoms with Crippen LogP contribution in [0, 0.1) is 0 Å². The van der Waals surface area contributed by atoms with Crippen LogP contribution in [-0.2, 0) is 9.59 Å². The zero-order valence-electron chi connectivity index (χ0n) is 22.0. The van der Waals surface area contributed by atoms with E-state index in [-0.39, 0.29) is 30.3 Å². The van der Waals surface area contributed by atoms with Crippen molar-refractivity contribution in [3.8, 4) is 0 Å². The second-order valence-electron chi connectivity index (χ2n) is 8.99. The lowest BCUT2D eigenvalue weighted by molar-refractivity contribution is -0.115. The zero-order chi connectivity index (χ0) is 28.8. The van der Waals surface area contributed by atoms with Crippen LogP contribution in [0.25, 0.3) is 0 Å². The first kappa shape index (κ1) is 29.9. The van der Waals surface area contributed by atoms with Gasteiger partial charge in [-0.3, -0.25) is 29.0 Å². The molecule has 2 aliphatic rings. The Kier molecular flexibility index (Phi) is 10.1. The maximum absolute atomic E-state index is 13.4. The molecule has 0 bridgehead atoms. The Morgan fingerprint density at radius 2 is 1.02 bits per heavy atom. The maximum Gasteiger partial charge on any atom is 0.272 e. The monoisotopic (exact) mass is 612 g/mol. The normalized spacial score (nSPS) is 17.1. The summed E-state index contributed by atoms with van der Waals surface area (Å²) in [6.07, 6.45) is 3.76. The third kappa shape index (κ3) is 6.46. The second kappa shape index (κ2) is 13.5. The number of hydrogen-bond donors (Lipinski definition) is 2. The van der Waals surface area contributed by atoms with Gasteiger partial charge in [0, 0.05) is 24.2 Å². The minimum absolute atomic E-state index is 0.181. The van der Waals surface area contributed by atoms with Crippen LogP contribution in [0.5, 0.6) is 0 Å². The van der Waals surface area contributed by atoms with Crippen molar-refractivity contribution in [1.29, 1.82) is 0 Å². The predicted molar refractivity (Wildman–Crippen MR) is 170 cm³/mol. The number of hydrogen-bond acceptors (Lipinski definition) is 8. The molecular weight excluding hydrogens is 585 g/mol. The number of nitrogens with zero attached hydrogens (tertiary/aromatic N) is 2. The number of carbonyl (C=O) groups excluding carboxylic acids is 4. The minimum Gasteiger partial charge on any atom is -0.352 e. The molecule has 2 aliphatic heterocycles. The van der Waals surface area contributed by atoms with Crippen molar-refractivity contribution in [2.24, 2.45) is 0 Å². The van der Waals surface area contributed by atoms with Gasteiger partial charge in [0.05, 0.1) is 21.2 Å². The lowest BCUT2D eigenvalue weighted by Gasteiger charge is -2.15. The van der Waals surface area contributed by atoms with Gasteiger partial charge in [-0.05, 0) is 61.4 Å². The number of rotatable bonds is 10. The van der Waals surface area contributed by atoms with E-state index in [9.17, 15) is 19.2 Å². The van der Waals surface area contributed by atoms with E-state index in [1.807, 2.05) is 0 Å². The SMILES string of the molecule is CCCCNC(=O)c1ccc(N2C(=O)/C(=C3\SC(=S)N(c4ccc(C(=O)NCCCC)cc4)C3=O)SC2=S)cc1. The van der Waals surface area contributed by atoms with Gasteiger partial charge in [0.25, 0.3) is 23.6 Å². The quantitative estimate of drug-likeness (QED) is 0.210. The second-order valence-corrected chi connectivity index (χ2v) is 12.3. The molecule has 0 radical (unpaired) electrons. The summed E-state index contributed by atoms with van der Waals surface area (Å²) in [5.41, 5.74) is 1.98. The number of carbonyl (C=O) groups is 4. The van der Waals surface area contributed by atoms with Crippen LogP contribution < -0.4 is 20.4 Å². The summed E-state index contributed by atoms with van der Waals surface area (Å²) in [5, 5.41) is 5.72. The number of nitrogens with one attached hydrogen (secondary N) is 2. The molecular formula is C28H28N4O4S4. The van der Waals surface area contributed by atoms with Gasteiger partial charge in [-0.2, -0.15) is 0 Å². The summed E-state index contributed by atoms with van der Waals surface area (Å²) in [6.45, 7) is 5.30. The molecule has 208 valence electrons. The standard InChI is InChI=1S/C28H28N4O4S4/c1-3-5-15-29-23(33)17-7-11-19(12-8-17)31-25(35)21(39-27(31)37)22-26(36)32(28(38)40-22)20-13-9-18(10-14-20)24(34)30-16-6-4-2/h7-14H,3-6,15-16H2,1-2H3,(H,29,33)(H,30,34)/b22-21+. The lowest BCUT2D eigenvalue weighted by Crippen LogP contribution is -2.30. The maximum atomic E-state index is 13.4. The number of unbranched alkanes of at least 4 members (excludes halogenated alkanes) is 2. The van der Waals surface area contributed by atoms with Gasteiger partial charge < -0.3 is 10.6 Å². The summed E-state index contributed by atoms with van der Waals surface area (Å²) >= 11 is 13.1. The molecule has 0 unspecified atom stereocenters. The molecule has 2 aromatic rings. The summed E-state index contributed by atoms with van der Waals surface area (Å²) < 4.78 is 0.563. The van der Waals surface area contributed by atoms with Crippen LogP contribution in [0.15, 0.2) is 58.3 Å². The van der Waals surface area contributed by atoms with Crippen molar-refractivity contribution in [2.45, 2.75) is 39.5 Å². The van der Waals surface area contributed by atoms with E-state index < -0.39 is 11.8 Å². The van der Waals surface area contributed by atoms with Gasteiger partial charge in [0.1, 0.15) is 0 Å². The lowest BCUT2D eigenvalue weighted by atomic mass is 10.1. The highest BCUT2D eigenvalue weighted by Crippen LogP contribution is 2.44. The average Bonchev–Trinajstić information content (AvgIpc) is 3.41. The summed E-state index contributed by atoms with van der Waals surface area (Å²) in [7, 11) is 0. The van der Waals surface area contributed by atoms with E-state index >= 15 is 0 Å². The fourth-order valence-corrected chi connectivity index (χ4v) is 6.69. The highest BCUT2D eigenvalue weighted by atomic mass is 32.2. The van der Waals surface area contributed by atoms with Crippen molar-refractivity contribution in [3.63, 3.8) is 0 Å². The predicted octanol–water partition coefficient (Wildman–Crippen LogP) is 5.39. The number of benzene rings is 2. The van der Waals surface area contributed by atoms with Gasteiger partial charge >= 0.3 is 0 Å². The molecule has 2 saturated heterocycles. The van der Waals surface area contributed by atoms with E-state index in [4.69, 9.17) is 24.4 Å². The third-order valence-corrected chi connectivity index (χ3v) is 9.03. The first-order valence-electron chi connectivity index (χ1n) is 12.9. The number of amides is 4. The molecule has 0 atom stereocenters. The van der Waals surface area contributed by atoms with Crippen LogP contribution in [-0.4, -0.2) is 45.4 Å². The molecule has 4 amide bonds. The average molecular weight is 613 g/mol. The van der Waals surface area contributed by atoms with E-state index in [0.29, 0.717) is 35.6 Å². The highest BCUT2D eigenvalue weighted by Gasteiger charge is 2.43.